The van der Waals surface area contributed by atoms with Crippen LogP contribution in [0.3, 0.4) is 0 Å². The number of aromatic nitrogens is 3. The van der Waals surface area contributed by atoms with E-state index in [2.05, 4.69) is 26.8 Å². The summed E-state index contributed by atoms with van der Waals surface area (Å²) in [6.45, 7) is 8.48. The molecule has 0 atom stereocenters. The second-order valence-corrected chi connectivity index (χ2v) is 7.49. The summed E-state index contributed by atoms with van der Waals surface area (Å²) in [6, 6.07) is 11.7. The lowest BCUT2D eigenvalue weighted by Gasteiger charge is -2.30. The highest BCUT2D eigenvalue weighted by Crippen LogP contribution is 2.24. The zero-order chi connectivity index (χ0) is 19.5. The zero-order valence-corrected chi connectivity index (χ0v) is 16.7. The van der Waals surface area contributed by atoms with Gasteiger partial charge in [-0.2, -0.15) is 4.98 Å². The van der Waals surface area contributed by atoms with Crippen molar-refractivity contribution in [2.75, 3.05) is 18.0 Å². The molecule has 1 aromatic carbocycles. The van der Waals surface area contributed by atoms with Crippen LogP contribution >= 0.6 is 0 Å². The second kappa shape index (κ2) is 8.00. The lowest BCUT2D eigenvalue weighted by molar-refractivity contribution is 0.286. The molecule has 1 fully saturated rings. The molecule has 6 nitrogen and oxygen atoms in total. The molecule has 0 N–H and O–H groups in total. The summed E-state index contributed by atoms with van der Waals surface area (Å²) in [5, 5.41) is 0. The Morgan fingerprint density at radius 3 is 2.57 bits per heavy atom. The number of nitrogens with zero attached hydrogens (tertiary/aromatic N) is 4. The molecule has 4 rings (SSSR count). The molecule has 0 unspecified atom stereocenters. The molecule has 28 heavy (non-hydrogen) atoms. The van der Waals surface area contributed by atoms with E-state index in [1.54, 1.807) is 0 Å². The van der Waals surface area contributed by atoms with Crippen molar-refractivity contribution in [1.82, 2.24) is 15.0 Å². The van der Waals surface area contributed by atoms with Gasteiger partial charge in [0.25, 0.3) is 0 Å². The standard InChI is InChI=1S/C22H26N4O2/c1-15-9-11-26(12-10-15)22-23-16(2)13-20(25-22)27-14-19-17(3)28-21(24-19)18-7-5-4-6-8-18/h4-8,13,15H,9-12,14H2,1-3H3. The Bertz CT molecular complexity index is 931. The summed E-state index contributed by atoms with van der Waals surface area (Å²) < 4.78 is 11.8. The molecule has 0 amide bonds. The van der Waals surface area contributed by atoms with E-state index < -0.39 is 0 Å². The van der Waals surface area contributed by atoms with Crippen molar-refractivity contribution in [1.29, 1.82) is 0 Å². The van der Waals surface area contributed by atoms with Gasteiger partial charge in [-0.25, -0.2) is 9.97 Å². The number of aryl methyl sites for hydroxylation is 2. The molecule has 0 bridgehead atoms. The fraction of sp³-hybridized carbons (Fsp3) is 0.409. The number of piperidine rings is 1. The number of hydrogen-bond donors (Lipinski definition) is 0. The third kappa shape index (κ3) is 4.16. The van der Waals surface area contributed by atoms with Crippen molar-refractivity contribution in [2.45, 2.75) is 40.2 Å². The van der Waals surface area contributed by atoms with Gasteiger partial charge < -0.3 is 14.1 Å². The van der Waals surface area contributed by atoms with Gasteiger partial charge in [-0.05, 0) is 44.7 Å². The van der Waals surface area contributed by atoms with Gasteiger partial charge >= 0.3 is 0 Å². The van der Waals surface area contributed by atoms with Gasteiger partial charge in [0, 0.05) is 30.4 Å². The SMILES string of the molecule is Cc1cc(OCc2nc(-c3ccccc3)oc2C)nc(N2CCC(C)CC2)n1. The molecule has 0 aliphatic carbocycles. The minimum atomic E-state index is 0.315. The highest BCUT2D eigenvalue weighted by atomic mass is 16.5. The lowest BCUT2D eigenvalue weighted by Crippen LogP contribution is -2.34. The van der Waals surface area contributed by atoms with Crippen LogP contribution in [0.5, 0.6) is 5.88 Å². The van der Waals surface area contributed by atoms with Gasteiger partial charge in [0.1, 0.15) is 18.1 Å². The van der Waals surface area contributed by atoms with Crippen LogP contribution in [0.25, 0.3) is 11.5 Å². The largest absolute Gasteiger partial charge is 0.471 e. The van der Waals surface area contributed by atoms with Gasteiger partial charge in [-0.1, -0.05) is 25.1 Å². The molecule has 0 spiro atoms. The number of rotatable bonds is 5. The Kier molecular flexibility index (Phi) is 5.28. The van der Waals surface area contributed by atoms with Crippen LogP contribution in [0.15, 0.2) is 40.8 Å². The van der Waals surface area contributed by atoms with E-state index in [4.69, 9.17) is 9.15 Å². The van der Waals surface area contributed by atoms with Crippen LogP contribution < -0.4 is 9.64 Å². The molecular formula is C22H26N4O2. The van der Waals surface area contributed by atoms with Crippen molar-refractivity contribution in [3.05, 3.63) is 53.5 Å². The summed E-state index contributed by atoms with van der Waals surface area (Å²) in [7, 11) is 0. The highest BCUT2D eigenvalue weighted by Gasteiger charge is 2.19. The fourth-order valence-corrected chi connectivity index (χ4v) is 3.36. The number of benzene rings is 1. The Balaban J connectivity index is 1.47. The van der Waals surface area contributed by atoms with Crippen molar-refractivity contribution >= 4 is 5.95 Å². The summed E-state index contributed by atoms with van der Waals surface area (Å²) in [6.07, 6.45) is 2.35. The third-order valence-corrected chi connectivity index (χ3v) is 5.16. The van der Waals surface area contributed by atoms with Crippen molar-refractivity contribution in [2.24, 2.45) is 5.92 Å². The van der Waals surface area contributed by atoms with Gasteiger partial charge in [-0.3, -0.25) is 0 Å². The quantitative estimate of drug-likeness (QED) is 0.648. The molecule has 1 saturated heterocycles. The average Bonchev–Trinajstić information content (AvgIpc) is 3.08. The maximum absolute atomic E-state index is 5.96. The monoisotopic (exact) mass is 378 g/mol. The first kappa shape index (κ1) is 18.5. The number of ether oxygens (including phenoxy) is 1. The van der Waals surface area contributed by atoms with E-state index in [0.29, 0.717) is 18.4 Å². The topological polar surface area (TPSA) is 64.3 Å². The van der Waals surface area contributed by atoms with Crippen LogP contribution in [0, 0.1) is 19.8 Å². The molecule has 0 saturated carbocycles. The summed E-state index contributed by atoms with van der Waals surface area (Å²) in [5.74, 6) is 3.47. The molecule has 1 aliphatic rings. The first-order valence-electron chi connectivity index (χ1n) is 9.83. The first-order chi connectivity index (χ1) is 13.6. The lowest BCUT2D eigenvalue weighted by atomic mass is 10.00. The average molecular weight is 378 g/mol. The Labute approximate surface area is 165 Å². The van der Waals surface area contributed by atoms with Crippen molar-refractivity contribution in [3.8, 4) is 17.3 Å². The minimum Gasteiger partial charge on any atom is -0.471 e. The van der Waals surface area contributed by atoms with Crippen LogP contribution in [0.2, 0.25) is 0 Å². The highest BCUT2D eigenvalue weighted by molar-refractivity contribution is 5.53. The van der Waals surface area contributed by atoms with Gasteiger partial charge in [0.2, 0.25) is 17.7 Å². The molecule has 3 heterocycles. The van der Waals surface area contributed by atoms with Gasteiger partial charge in [0.05, 0.1) is 0 Å². The Morgan fingerprint density at radius 1 is 1.07 bits per heavy atom. The second-order valence-electron chi connectivity index (χ2n) is 7.49. The molecule has 146 valence electrons. The zero-order valence-electron chi connectivity index (χ0n) is 16.7. The van der Waals surface area contributed by atoms with Gasteiger partial charge in [-0.15, -0.1) is 0 Å². The van der Waals surface area contributed by atoms with Crippen LogP contribution in [-0.4, -0.2) is 28.0 Å². The third-order valence-electron chi connectivity index (χ3n) is 5.16. The number of oxazole rings is 1. The maximum atomic E-state index is 5.96. The first-order valence-corrected chi connectivity index (χ1v) is 9.83. The Morgan fingerprint density at radius 2 is 1.82 bits per heavy atom. The predicted molar refractivity (Wildman–Crippen MR) is 108 cm³/mol. The number of anilines is 1. The van der Waals surface area contributed by atoms with E-state index in [9.17, 15) is 0 Å². The maximum Gasteiger partial charge on any atom is 0.228 e. The van der Waals surface area contributed by atoms with E-state index in [1.165, 1.54) is 12.8 Å². The van der Waals surface area contributed by atoms with E-state index in [1.807, 2.05) is 50.2 Å². The number of hydrogen-bond acceptors (Lipinski definition) is 6. The molecule has 1 aliphatic heterocycles. The van der Waals surface area contributed by atoms with Crippen LogP contribution in [0.1, 0.15) is 36.9 Å². The summed E-state index contributed by atoms with van der Waals surface area (Å²) in [5.41, 5.74) is 2.64. The summed E-state index contributed by atoms with van der Waals surface area (Å²) in [4.78, 5) is 16.1. The van der Waals surface area contributed by atoms with Crippen LogP contribution in [0.4, 0.5) is 5.95 Å². The molecule has 6 heteroatoms. The van der Waals surface area contributed by atoms with Crippen LogP contribution in [-0.2, 0) is 6.61 Å². The molecule has 3 aromatic rings. The van der Waals surface area contributed by atoms with E-state index in [0.717, 1.165) is 47.7 Å². The molecule has 0 radical (unpaired) electrons. The normalized spacial score (nSPS) is 15.0. The van der Waals surface area contributed by atoms with Gasteiger partial charge in [0.15, 0.2) is 0 Å². The van der Waals surface area contributed by atoms with Crippen molar-refractivity contribution in [3.63, 3.8) is 0 Å². The van der Waals surface area contributed by atoms with E-state index in [-0.39, 0.29) is 0 Å². The molecule has 2 aromatic heterocycles. The smallest absolute Gasteiger partial charge is 0.228 e. The predicted octanol–water partition coefficient (Wildman–Crippen LogP) is 4.56. The van der Waals surface area contributed by atoms with E-state index >= 15 is 0 Å². The summed E-state index contributed by atoms with van der Waals surface area (Å²) >= 11 is 0. The van der Waals surface area contributed by atoms with Crippen molar-refractivity contribution < 1.29 is 9.15 Å². The fourth-order valence-electron chi connectivity index (χ4n) is 3.36. The minimum absolute atomic E-state index is 0.315. The molecular weight excluding hydrogens is 352 g/mol. The Hall–Kier alpha value is -2.89.